The minimum atomic E-state index is -4.76. The van der Waals surface area contributed by atoms with E-state index in [9.17, 15) is 18.0 Å². The molecule has 1 rings (SSSR count). The average Bonchev–Trinajstić information content (AvgIpc) is 2.27. The summed E-state index contributed by atoms with van der Waals surface area (Å²) in [7, 11) is 0. The quantitative estimate of drug-likeness (QED) is 0.864. The Hall–Kier alpha value is -1.72. The maximum absolute atomic E-state index is 12.5. The van der Waals surface area contributed by atoms with Crippen molar-refractivity contribution in [3.63, 3.8) is 0 Å². The van der Waals surface area contributed by atoms with Gasteiger partial charge in [0.2, 0.25) is 0 Å². The first-order valence-electron chi connectivity index (χ1n) is 5.85. The summed E-state index contributed by atoms with van der Waals surface area (Å²) in [6, 6.07) is 6.93. The van der Waals surface area contributed by atoms with E-state index in [-0.39, 0.29) is 5.92 Å². The standard InChI is InChI=1S/C13H16F3NO2/c1-8(2)9-5-3-4-6-11(9)17-7-10(12(18)19)13(14,15)16/h3-6,8,10,17H,7H2,1-2H3,(H,18,19). The van der Waals surface area contributed by atoms with Crippen LogP contribution in [0.2, 0.25) is 0 Å². The van der Waals surface area contributed by atoms with Gasteiger partial charge in [-0.2, -0.15) is 13.2 Å². The van der Waals surface area contributed by atoms with E-state index in [0.29, 0.717) is 5.69 Å². The van der Waals surface area contributed by atoms with Crippen LogP contribution in [-0.4, -0.2) is 23.8 Å². The lowest BCUT2D eigenvalue weighted by atomic mass is 10.0. The number of halogens is 3. The smallest absolute Gasteiger partial charge is 0.403 e. The van der Waals surface area contributed by atoms with Crippen LogP contribution in [0.5, 0.6) is 0 Å². The molecule has 0 spiro atoms. The van der Waals surface area contributed by atoms with Crippen LogP contribution < -0.4 is 5.32 Å². The number of hydrogen-bond donors (Lipinski definition) is 2. The molecular weight excluding hydrogens is 259 g/mol. The van der Waals surface area contributed by atoms with Crippen molar-refractivity contribution in [3.05, 3.63) is 29.8 Å². The zero-order chi connectivity index (χ0) is 14.6. The molecule has 0 radical (unpaired) electrons. The van der Waals surface area contributed by atoms with Crippen molar-refractivity contribution in [2.24, 2.45) is 5.92 Å². The molecule has 6 heteroatoms. The zero-order valence-corrected chi connectivity index (χ0v) is 10.7. The molecule has 1 atom stereocenters. The van der Waals surface area contributed by atoms with Crippen LogP contribution in [0.3, 0.4) is 0 Å². The second-order valence-electron chi connectivity index (χ2n) is 4.56. The van der Waals surface area contributed by atoms with E-state index >= 15 is 0 Å². The van der Waals surface area contributed by atoms with E-state index in [1.165, 1.54) is 0 Å². The fourth-order valence-corrected chi connectivity index (χ4v) is 1.72. The van der Waals surface area contributed by atoms with Crippen molar-refractivity contribution < 1.29 is 23.1 Å². The van der Waals surface area contributed by atoms with Crippen molar-refractivity contribution in [3.8, 4) is 0 Å². The molecule has 0 aliphatic carbocycles. The van der Waals surface area contributed by atoms with Crippen molar-refractivity contribution in [1.29, 1.82) is 0 Å². The summed E-state index contributed by atoms with van der Waals surface area (Å²) in [6.45, 7) is 3.15. The first-order chi connectivity index (χ1) is 8.73. The number of carboxylic acid groups (broad SMARTS) is 1. The van der Waals surface area contributed by atoms with Gasteiger partial charge in [0.1, 0.15) is 0 Å². The fraction of sp³-hybridized carbons (Fsp3) is 0.462. The maximum atomic E-state index is 12.5. The zero-order valence-electron chi connectivity index (χ0n) is 10.7. The molecule has 106 valence electrons. The van der Waals surface area contributed by atoms with Gasteiger partial charge in [0.15, 0.2) is 5.92 Å². The molecule has 0 amide bonds. The Morgan fingerprint density at radius 2 is 1.89 bits per heavy atom. The van der Waals surface area contributed by atoms with E-state index in [0.717, 1.165) is 5.56 Å². The van der Waals surface area contributed by atoms with Crippen LogP contribution >= 0.6 is 0 Å². The summed E-state index contributed by atoms with van der Waals surface area (Å²) in [5, 5.41) is 11.2. The van der Waals surface area contributed by atoms with Crippen LogP contribution in [-0.2, 0) is 4.79 Å². The van der Waals surface area contributed by atoms with Crippen LogP contribution in [0.1, 0.15) is 25.3 Å². The third-order valence-electron chi connectivity index (χ3n) is 2.77. The number of hydrogen-bond acceptors (Lipinski definition) is 2. The maximum Gasteiger partial charge on any atom is 0.403 e. The van der Waals surface area contributed by atoms with Crippen LogP contribution in [0.15, 0.2) is 24.3 Å². The molecule has 1 unspecified atom stereocenters. The summed E-state index contributed by atoms with van der Waals surface area (Å²) in [5.74, 6) is -4.15. The largest absolute Gasteiger partial charge is 0.481 e. The minimum Gasteiger partial charge on any atom is -0.481 e. The predicted octanol–water partition coefficient (Wildman–Crippen LogP) is 3.49. The average molecular weight is 275 g/mol. The molecule has 19 heavy (non-hydrogen) atoms. The van der Waals surface area contributed by atoms with Crippen molar-refractivity contribution in [2.45, 2.75) is 25.9 Å². The molecular formula is C13H16F3NO2. The Bertz CT molecular complexity index is 444. The van der Waals surface area contributed by atoms with Gasteiger partial charge in [-0.15, -0.1) is 0 Å². The topological polar surface area (TPSA) is 49.3 Å². The van der Waals surface area contributed by atoms with E-state index in [2.05, 4.69) is 5.32 Å². The first-order valence-corrected chi connectivity index (χ1v) is 5.85. The third-order valence-corrected chi connectivity index (χ3v) is 2.77. The molecule has 1 aromatic carbocycles. The molecule has 0 aliphatic rings. The first kappa shape index (κ1) is 15.3. The van der Waals surface area contributed by atoms with Crippen LogP contribution in [0, 0.1) is 5.92 Å². The van der Waals surface area contributed by atoms with Crippen molar-refractivity contribution >= 4 is 11.7 Å². The number of benzene rings is 1. The van der Waals surface area contributed by atoms with Gasteiger partial charge in [0.05, 0.1) is 0 Å². The van der Waals surface area contributed by atoms with E-state index in [1.54, 1.807) is 24.3 Å². The van der Waals surface area contributed by atoms with Gasteiger partial charge in [-0.3, -0.25) is 4.79 Å². The molecule has 0 bridgehead atoms. The molecule has 0 aliphatic heterocycles. The van der Waals surface area contributed by atoms with E-state index in [4.69, 9.17) is 5.11 Å². The Morgan fingerprint density at radius 3 is 2.37 bits per heavy atom. The van der Waals surface area contributed by atoms with Gasteiger partial charge in [0.25, 0.3) is 0 Å². The number of para-hydroxylation sites is 1. The van der Waals surface area contributed by atoms with Gasteiger partial charge < -0.3 is 10.4 Å². The summed E-state index contributed by atoms with van der Waals surface area (Å²) < 4.78 is 37.5. The van der Waals surface area contributed by atoms with Gasteiger partial charge >= 0.3 is 12.1 Å². The third kappa shape index (κ3) is 4.15. The lowest BCUT2D eigenvalue weighted by Crippen LogP contribution is -2.36. The summed E-state index contributed by atoms with van der Waals surface area (Å²) in [4.78, 5) is 10.6. The molecule has 2 N–H and O–H groups in total. The van der Waals surface area contributed by atoms with Crippen molar-refractivity contribution in [2.75, 3.05) is 11.9 Å². The number of anilines is 1. The molecule has 0 heterocycles. The van der Waals surface area contributed by atoms with Crippen molar-refractivity contribution in [1.82, 2.24) is 0 Å². The molecule has 3 nitrogen and oxygen atoms in total. The Labute approximate surface area is 109 Å². The SMILES string of the molecule is CC(C)c1ccccc1NCC(C(=O)O)C(F)(F)F. The van der Waals surface area contributed by atoms with Gasteiger partial charge in [-0.05, 0) is 17.5 Å². The number of nitrogens with one attached hydrogen (secondary N) is 1. The molecule has 1 aromatic rings. The van der Waals surface area contributed by atoms with Gasteiger partial charge in [-0.25, -0.2) is 0 Å². The molecule has 0 saturated carbocycles. The number of carboxylic acids is 1. The summed E-state index contributed by atoms with van der Waals surface area (Å²) in [6.07, 6.45) is -4.76. The Morgan fingerprint density at radius 1 is 1.32 bits per heavy atom. The fourth-order valence-electron chi connectivity index (χ4n) is 1.72. The molecule has 0 fully saturated rings. The summed E-state index contributed by atoms with van der Waals surface area (Å²) >= 11 is 0. The number of rotatable bonds is 5. The highest BCUT2D eigenvalue weighted by Gasteiger charge is 2.44. The molecule has 0 saturated heterocycles. The monoisotopic (exact) mass is 275 g/mol. The Kier molecular flexibility index (Phi) is 4.80. The van der Waals surface area contributed by atoms with E-state index < -0.39 is 24.6 Å². The van der Waals surface area contributed by atoms with Gasteiger partial charge in [0, 0.05) is 12.2 Å². The number of aliphatic carboxylic acids is 1. The second-order valence-corrected chi connectivity index (χ2v) is 4.56. The highest BCUT2D eigenvalue weighted by atomic mass is 19.4. The second kappa shape index (κ2) is 5.95. The highest BCUT2D eigenvalue weighted by molar-refractivity contribution is 5.72. The Balaban J connectivity index is 2.84. The lowest BCUT2D eigenvalue weighted by Gasteiger charge is -2.19. The number of alkyl halides is 3. The predicted molar refractivity (Wildman–Crippen MR) is 66.2 cm³/mol. The van der Waals surface area contributed by atoms with Gasteiger partial charge in [-0.1, -0.05) is 32.0 Å². The van der Waals surface area contributed by atoms with Crippen LogP contribution in [0.4, 0.5) is 18.9 Å². The lowest BCUT2D eigenvalue weighted by molar-refractivity contribution is -0.190. The normalized spacial score (nSPS) is 13.4. The van der Waals surface area contributed by atoms with Crippen LogP contribution in [0.25, 0.3) is 0 Å². The summed E-state index contributed by atoms with van der Waals surface area (Å²) in [5.41, 5.74) is 1.39. The highest BCUT2D eigenvalue weighted by Crippen LogP contribution is 2.28. The molecule has 0 aromatic heterocycles. The van der Waals surface area contributed by atoms with E-state index in [1.807, 2.05) is 13.8 Å². The number of carbonyl (C=O) groups is 1. The minimum absolute atomic E-state index is 0.137.